The second-order valence-corrected chi connectivity index (χ2v) is 9.38. The van der Waals surface area contributed by atoms with Crippen molar-refractivity contribution in [3.63, 3.8) is 0 Å². The van der Waals surface area contributed by atoms with Gasteiger partial charge in [0.2, 0.25) is 0 Å². The number of hydrogen-bond acceptors (Lipinski definition) is 6. The summed E-state index contributed by atoms with van der Waals surface area (Å²) in [6.07, 6.45) is 0.379. The molecule has 0 saturated carbocycles. The van der Waals surface area contributed by atoms with Crippen LogP contribution in [0, 0.1) is 13.8 Å². The van der Waals surface area contributed by atoms with Gasteiger partial charge in [-0.05, 0) is 43.5 Å². The van der Waals surface area contributed by atoms with Gasteiger partial charge in [-0.1, -0.05) is 0 Å². The van der Waals surface area contributed by atoms with Crippen LogP contribution in [0.5, 0.6) is 0 Å². The summed E-state index contributed by atoms with van der Waals surface area (Å²) in [5, 5.41) is 0.526. The molecule has 0 saturated heterocycles. The smallest absolute Gasteiger partial charge is 0.260 e. The summed E-state index contributed by atoms with van der Waals surface area (Å²) < 4.78 is 23.7. The lowest BCUT2D eigenvalue weighted by Crippen LogP contribution is -2.19. The summed E-state index contributed by atoms with van der Waals surface area (Å²) in [7, 11) is -3.07. The quantitative estimate of drug-likeness (QED) is 0.717. The predicted octanol–water partition coefficient (Wildman–Crippen LogP) is 2.13. The van der Waals surface area contributed by atoms with Crippen molar-refractivity contribution in [2.24, 2.45) is 0 Å². The van der Waals surface area contributed by atoms with E-state index in [1.807, 2.05) is 26.0 Å². The van der Waals surface area contributed by atoms with Crippen LogP contribution in [0.1, 0.15) is 21.7 Å². The first-order valence-electron chi connectivity index (χ1n) is 7.53. The highest BCUT2D eigenvalue weighted by molar-refractivity contribution is 7.90. The Labute approximate surface area is 142 Å². The van der Waals surface area contributed by atoms with Gasteiger partial charge in [0.25, 0.3) is 5.56 Å². The molecule has 1 aliphatic rings. The maximum atomic E-state index is 12.6. The molecule has 1 aliphatic heterocycles. The van der Waals surface area contributed by atoms with E-state index in [1.54, 1.807) is 0 Å². The van der Waals surface area contributed by atoms with Crippen molar-refractivity contribution in [1.82, 2.24) is 15.0 Å². The Hall–Kier alpha value is -2.06. The summed E-state index contributed by atoms with van der Waals surface area (Å²) in [5.74, 6) is 0.506. The molecule has 3 aromatic rings. The number of aromatic nitrogens is 3. The van der Waals surface area contributed by atoms with E-state index in [0.717, 1.165) is 21.7 Å². The molecule has 0 amide bonds. The number of aromatic amines is 1. The van der Waals surface area contributed by atoms with Gasteiger partial charge >= 0.3 is 0 Å². The summed E-state index contributed by atoms with van der Waals surface area (Å²) in [6, 6.07) is 3.82. The van der Waals surface area contributed by atoms with Gasteiger partial charge in [0.05, 0.1) is 16.9 Å². The van der Waals surface area contributed by atoms with E-state index in [9.17, 15) is 13.2 Å². The lowest BCUT2D eigenvalue weighted by Gasteiger charge is -2.11. The van der Waals surface area contributed by atoms with Crippen molar-refractivity contribution >= 4 is 31.4 Å². The Morgan fingerprint density at radius 3 is 2.75 bits per heavy atom. The van der Waals surface area contributed by atoms with Gasteiger partial charge in [-0.25, -0.2) is 18.4 Å². The topological polar surface area (TPSA) is 92.8 Å². The summed E-state index contributed by atoms with van der Waals surface area (Å²) >= 11 is 1.30. The van der Waals surface area contributed by atoms with E-state index in [4.69, 9.17) is 0 Å². The number of rotatable bonds is 1. The first-order valence-corrected chi connectivity index (χ1v) is 10.2. The van der Waals surface area contributed by atoms with E-state index in [0.29, 0.717) is 28.2 Å². The van der Waals surface area contributed by atoms with Gasteiger partial charge in [0.1, 0.15) is 10.5 Å². The first-order chi connectivity index (χ1) is 11.3. The van der Waals surface area contributed by atoms with Crippen LogP contribution in [0.4, 0.5) is 0 Å². The van der Waals surface area contributed by atoms with E-state index in [-0.39, 0.29) is 17.1 Å². The molecule has 0 unspecified atom stereocenters. The number of H-pyrrole nitrogens is 1. The van der Waals surface area contributed by atoms with Gasteiger partial charge in [-0.2, -0.15) is 0 Å². The SMILES string of the molecule is Cc1cc(C)nc(-c2nc3sc4c(c3c(=O)[nH]2)CCS(=O)(=O)C4)c1. The van der Waals surface area contributed by atoms with Crippen LogP contribution in [-0.4, -0.2) is 29.1 Å². The van der Waals surface area contributed by atoms with Crippen molar-refractivity contribution in [2.75, 3.05) is 5.75 Å². The molecule has 4 rings (SSSR count). The molecule has 0 aromatic carbocycles. The molecule has 0 aliphatic carbocycles. The van der Waals surface area contributed by atoms with E-state index in [2.05, 4.69) is 15.0 Å². The Morgan fingerprint density at radius 1 is 1.21 bits per heavy atom. The van der Waals surface area contributed by atoms with Crippen LogP contribution in [-0.2, 0) is 22.0 Å². The van der Waals surface area contributed by atoms with Gasteiger partial charge in [0.15, 0.2) is 15.7 Å². The Bertz CT molecular complexity index is 1120. The number of pyridine rings is 1. The number of nitrogens with one attached hydrogen (secondary N) is 1. The molecule has 6 nitrogen and oxygen atoms in total. The second kappa shape index (κ2) is 5.22. The number of thiophene rings is 1. The minimum Gasteiger partial charge on any atom is -0.305 e. The highest BCUT2D eigenvalue weighted by Gasteiger charge is 2.27. The van der Waals surface area contributed by atoms with Gasteiger partial charge in [0, 0.05) is 10.6 Å². The van der Waals surface area contributed by atoms with Gasteiger partial charge in [-0.15, -0.1) is 11.3 Å². The lowest BCUT2D eigenvalue weighted by molar-refractivity contribution is 0.592. The number of aryl methyl sites for hydroxylation is 3. The van der Waals surface area contributed by atoms with E-state index >= 15 is 0 Å². The Kier molecular flexibility index (Phi) is 3.36. The average molecular weight is 361 g/mol. The van der Waals surface area contributed by atoms with Crippen LogP contribution >= 0.6 is 11.3 Å². The van der Waals surface area contributed by atoms with E-state index < -0.39 is 9.84 Å². The molecule has 124 valence electrons. The fraction of sp³-hybridized carbons (Fsp3) is 0.312. The van der Waals surface area contributed by atoms with Crippen LogP contribution in [0.15, 0.2) is 16.9 Å². The molecule has 3 aromatic heterocycles. The van der Waals surface area contributed by atoms with Crippen molar-refractivity contribution in [2.45, 2.75) is 26.0 Å². The third-order valence-electron chi connectivity index (χ3n) is 4.10. The zero-order valence-corrected chi connectivity index (χ0v) is 14.8. The molecule has 4 heterocycles. The summed E-state index contributed by atoms with van der Waals surface area (Å²) in [5.41, 5.74) is 3.11. The van der Waals surface area contributed by atoms with Gasteiger partial charge < -0.3 is 4.98 Å². The molecule has 0 radical (unpaired) electrons. The van der Waals surface area contributed by atoms with Gasteiger partial charge in [-0.3, -0.25) is 4.79 Å². The van der Waals surface area contributed by atoms with Crippen molar-refractivity contribution in [3.05, 3.63) is 44.2 Å². The fourth-order valence-corrected chi connectivity index (χ4v) is 6.13. The predicted molar refractivity (Wildman–Crippen MR) is 94.1 cm³/mol. The average Bonchev–Trinajstić information content (AvgIpc) is 2.82. The molecule has 8 heteroatoms. The largest absolute Gasteiger partial charge is 0.305 e. The highest BCUT2D eigenvalue weighted by Crippen LogP contribution is 2.33. The number of nitrogens with zero attached hydrogens (tertiary/aromatic N) is 2. The fourth-order valence-electron chi connectivity index (χ4n) is 3.10. The summed E-state index contributed by atoms with van der Waals surface area (Å²) in [6.45, 7) is 3.85. The second-order valence-electron chi connectivity index (χ2n) is 6.11. The molecule has 0 atom stereocenters. The number of sulfone groups is 1. The normalized spacial score (nSPS) is 16.2. The molecular weight excluding hydrogens is 346 g/mol. The molecule has 0 spiro atoms. The minimum absolute atomic E-state index is 0.0000629. The Balaban J connectivity index is 1.94. The third kappa shape index (κ3) is 2.55. The Morgan fingerprint density at radius 2 is 2.00 bits per heavy atom. The van der Waals surface area contributed by atoms with Crippen LogP contribution in [0.25, 0.3) is 21.7 Å². The maximum Gasteiger partial charge on any atom is 0.260 e. The standard InChI is InChI=1S/C16H15N3O3S2/c1-8-5-9(2)17-11(6-8)14-18-15(20)13-10-3-4-24(21,22)7-12(10)23-16(13)19-14/h5-6H,3-4,7H2,1-2H3,(H,18,19,20). The minimum atomic E-state index is -3.07. The maximum absolute atomic E-state index is 12.6. The first kappa shape index (κ1) is 15.5. The zero-order chi connectivity index (χ0) is 17.1. The molecular formula is C16H15N3O3S2. The van der Waals surface area contributed by atoms with Crippen LogP contribution in [0.2, 0.25) is 0 Å². The molecule has 1 N–H and O–H groups in total. The zero-order valence-electron chi connectivity index (χ0n) is 13.2. The van der Waals surface area contributed by atoms with Crippen molar-refractivity contribution < 1.29 is 8.42 Å². The molecule has 0 bridgehead atoms. The molecule has 0 fully saturated rings. The highest BCUT2D eigenvalue weighted by atomic mass is 32.2. The van der Waals surface area contributed by atoms with E-state index in [1.165, 1.54) is 11.3 Å². The number of hydrogen-bond donors (Lipinski definition) is 1. The lowest BCUT2D eigenvalue weighted by atomic mass is 10.1. The van der Waals surface area contributed by atoms with Crippen LogP contribution in [0.3, 0.4) is 0 Å². The summed E-state index contributed by atoms with van der Waals surface area (Å²) in [4.78, 5) is 25.7. The molecule has 24 heavy (non-hydrogen) atoms. The number of fused-ring (bicyclic) bond motifs is 3. The monoisotopic (exact) mass is 361 g/mol. The third-order valence-corrected chi connectivity index (χ3v) is 6.96. The van der Waals surface area contributed by atoms with Crippen LogP contribution < -0.4 is 5.56 Å². The van der Waals surface area contributed by atoms with Crippen molar-refractivity contribution in [1.29, 1.82) is 0 Å². The van der Waals surface area contributed by atoms with Crippen molar-refractivity contribution in [3.8, 4) is 11.5 Å².